The van der Waals surface area contributed by atoms with Gasteiger partial charge in [-0.15, -0.1) is 11.8 Å². The van der Waals surface area contributed by atoms with Crippen molar-refractivity contribution in [2.45, 2.75) is 42.5 Å². The van der Waals surface area contributed by atoms with E-state index >= 15 is 0 Å². The normalized spacial score (nSPS) is 18.8. The van der Waals surface area contributed by atoms with Crippen LogP contribution in [-0.4, -0.2) is 28.5 Å². The van der Waals surface area contributed by atoms with E-state index in [4.69, 9.17) is 5.73 Å². The molecule has 2 aromatic carbocycles. The monoisotopic (exact) mass is 413 g/mol. The number of benzene rings is 2. The molecule has 29 heavy (non-hydrogen) atoms. The second-order valence-electron chi connectivity index (χ2n) is 7.12. The zero-order valence-corrected chi connectivity index (χ0v) is 16.7. The van der Waals surface area contributed by atoms with Crippen molar-refractivity contribution in [1.82, 2.24) is 5.32 Å². The maximum absolute atomic E-state index is 12.3. The number of hydrogen-bond acceptors (Lipinski definition) is 5. The Labute approximate surface area is 173 Å². The summed E-state index contributed by atoms with van der Waals surface area (Å²) in [5.41, 5.74) is 6.37. The minimum atomic E-state index is -0.728. The molecular weight excluding hydrogens is 390 g/mol. The summed E-state index contributed by atoms with van der Waals surface area (Å²) in [6.07, 6.45) is 3.90. The van der Waals surface area contributed by atoms with Crippen LogP contribution in [0.5, 0.6) is 0 Å². The minimum Gasteiger partial charge on any atom is -0.366 e. The fraction of sp³-hybridized carbons (Fsp3) is 0.333. The fourth-order valence-electron chi connectivity index (χ4n) is 3.64. The predicted molar refractivity (Wildman–Crippen MR) is 112 cm³/mol. The molecule has 2 amide bonds. The molecule has 0 aliphatic heterocycles. The topological polar surface area (TPSA) is 115 Å². The van der Waals surface area contributed by atoms with E-state index in [2.05, 4.69) is 29.6 Å². The van der Waals surface area contributed by atoms with Gasteiger partial charge >= 0.3 is 0 Å². The number of primary amides is 1. The van der Waals surface area contributed by atoms with Crippen LogP contribution in [0.1, 0.15) is 47.5 Å². The molecule has 152 valence electrons. The molecule has 0 unspecified atom stereocenters. The van der Waals surface area contributed by atoms with Crippen molar-refractivity contribution in [3.05, 3.63) is 69.8 Å². The molecule has 0 atom stereocenters. The Bertz CT molecular complexity index is 896. The van der Waals surface area contributed by atoms with Crippen LogP contribution in [0.25, 0.3) is 0 Å². The zero-order chi connectivity index (χ0) is 20.8. The van der Waals surface area contributed by atoms with Crippen molar-refractivity contribution in [3.8, 4) is 0 Å². The summed E-state index contributed by atoms with van der Waals surface area (Å²) >= 11 is 1.08. The summed E-state index contributed by atoms with van der Waals surface area (Å²) in [6.45, 7) is 0. The van der Waals surface area contributed by atoms with E-state index in [1.165, 1.54) is 17.7 Å². The quantitative estimate of drug-likeness (QED) is 0.409. The standard InChI is InChI=1S/C21H23N3O4S/c22-21(26)16-8-11-19(18(12-16)24(27)28)29-13-20(25)23-17-9-6-15(7-10-17)14-4-2-1-3-5-14/h1-5,8,11-12,15,17H,6-7,9-10,13H2,(H2,22,26)(H,23,25). The molecular formula is C21H23N3O4S. The maximum atomic E-state index is 12.3. The molecule has 2 aromatic rings. The van der Waals surface area contributed by atoms with Gasteiger partial charge in [0.15, 0.2) is 0 Å². The summed E-state index contributed by atoms with van der Waals surface area (Å²) in [5, 5.41) is 14.3. The average Bonchev–Trinajstić information content (AvgIpc) is 2.73. The van der Waals surface area contributed by atoms with Crippen molar-refractivity contribution in [2.24, 2.45) is 5.73 Å². The molecule has 0 spiro atoms. The van der Waals surface area contributed by atoms with Crippen molar-refractivity contribution < 1.29 is 14.5 Å². The second kappa shape index (κ2) is 9.56. The third-order valence-electron chi connectivity index (χ3n) is 5.16. The molecule has 1 fully saturated rings. The van der Waals surface area contributed by atoms with Crippen molar-refractivity contribution in [2.75, 3.05) is 5.75 Å². The van der Waals surface area contributed by atoms with Crippen molar-refractivity contribution >= 4 is 29.3 Å². The first-order valence-corrected chi connectivity index (χ1v) is 10.5. The van der Waals surface area contributed by atoms with E-state index in [1.54, 1.807) is 0 Å². The first-order valence-electron chi connectivity index (χ1n) is 9.49. The molecule has 1 aliphatic carbocycles. The summed E-state index contributed by atoms with van der Waals surface area (Å²) in [5.74, 6) is -0.264. The van der Waals surface area contributed by atoms with Crippen LogP contribution in [0.15, 0.2) is 53.4 Å². The third-order valence-corrected chi connectivity index (χ3v) is 6.22. The largest absolute Gasteiger partial charge is 0.366 e. The molecule has 1 aliphatic rings. The Kier molecular flexibility index (Phi) is 6.87. The molecule has 1 saturated carbocycles. The highest BCUT2D eigenvalue weighted by atomic mass is 32.2. The van der Waals surface area contributed by atoms with E-state index < -0.39 is 10.8 Å². The highest BCUT2D eigenvalue weighted by Gasteiger charge is 2.24. The summed E-state index contributed by atoms with van der Waals surface area (Å²) in [7, 11) is 0. The number of nitro groups is 1. The van der Waals surface area contributed by atoms with E-state index in [0.717, 1.165) is 43.5 Å². The van der Waals surface area contributed by atoms with Gasteiger partial charge in [0.1, 0.15) is 0 Å². The number of nitro benzene ring substituents is 1. The van der Waals surface area contributed by atoms with Gasteiger partial charge in [-0.1, -0.05) is 30.3 Å². The first kappa shape index (κ1) is 20.9. The summed E-state index contributed by atoms with van der Waals surface area (Å²) in [6, 6.07) is 14.6. The van der Waals surface area contributed by atoms with Gasteiger partial charge in [-0.2, -0.15) is 0 Å². The van der Waals surface area contributed by atoms with E-state index in [0.29, 0.717) is 10.8 Å². The minimum absolute atomic E-state index is 0.0701. The molecule has 8 heteroatoms. The van der Waals surface area contributed by atoms with E-state index in [1.807, 2.05) is 6.07 Å². The van der Waals surface area contributed by atoms with E-state index in [9.17, 15) is 19.7 Å². The number of thioether (sulfide) groups is 1. The van der Waals surface area contributed by atoms with Crippen molar-refractivity contribution in [3.63, 3.8) is 0 Å². The van der Waals surface area contributed by atoms with Gasteiger partial charge in [-0.3, -0.25) is 19.7 Å². The van der Waals surface area contributed by atoms with Crippen LogP contribution in [-0.2, 0) is 4.79 Å². The van der Waals surface area contributed by atoms with E-state index in [-0.39, 0.29) is 29.0 Å². The molecule has 3 N–H and O–H groups in total. The van der Waals surface area contributed by atoms with Crippen LogP contribution < -0.4 is 11.1 Å². The first-order chi connectivity index (χ1) is 13.9. The predicted octanol–water partition coefficient (Wildman–Crippen LogP) is 3.63. The number of nitrogens with one attached hydrogen (secondary N) is 1. The smallest absolute Gasteiger partial charge is 0.283 e. The Morgan fingerprint density at radius 2 is 1.79 bits per heavy atom. The van der Waals surface area contributed by atoms with Crippen LogP contribution in [0.4, 0.5) is 5.69 Å². The van der Waals surface area contributed by atoms with Crippen LogP contribution >= 0.6 is 11.8 Å². The number of rotatable bonds is 7. The van der Waals surface area contributed by atoms with Gasteiger partial charge < -0.3 is 11.1 Å². The molecule has 0 bridgehead atoms. The maximum Gasteiger partial charge on any atom is 0.283 e. The number of nitrogens with two attached hydrogens (primary N) is 1. The van der Waals surface area contributed by atoms with Crippen LogP contribution in [0.3, 0.4) is 0 Å². The Morgan fingerprint density at radius 3 is 2.41 bits per heavy atom. The number of nitrogens with zero attached hydrogens (tertiary/aromatic N) is 1. The lowest BCUT2D eigenvalue weighted by atomic mass is 9.82. The lowest BCUT2D eigenvalue weighted by molar-refractivity contribution is -0.387. The third kappa shape index (κ3) is 5.57. The van der Waals surface area contributed by atoms with Gasteiger partial charge in [0.25, 0.3) is 5.69 Å². The number of amides is 2. The van der Waals surface area contributed by atoms with Gasteiger partial charge in [-0.25, -0.2) is 0 Å². The van der Waals surface area contributed by atoms with Gasteiger partial charge in [0, 0.05) is 17.7 Å². The lowest BCUT2D eigenvalue weighted by Gasteiger charge is -2.29. The molecule has 0 heterocycles. The summed E-state index contributed by atoms with van der Waals surface area (Å²) in [4.78, 5) is 34.5. The Morgan fingerprint density at radius 1 is 1.10 bits per heavy atom. The molecule has 0 radical (unpaired) electrons. The van der Waals surface area contributed by atoms with Crippen LogP contribution in [0.2, 0.25) is 0 Å². The number of hydrogen-bond donors (Lipinski definition) is 2. The van der Waals surface area contributed by atoms with Gasteiger partial charge in [-0.05, 0) is 49.3 Å². The number of carbonyl (C=O) groups is 2. The highest BCUT2D eigenvalue weighted by Crippen LogP contribution is 2.33. The second-order valence-corrected chi connectivity index (χ2v) is 8.14. The molecule has 3 rings (SSSR count). The summed E-state index contributed by atoms with van der Waals surface area (Å²) < 4.78 is 0. The Hall–Kier alpha value is -2.87. The molecule has 0 saturated heterocycles. The van der Waals surface area contributed by atoms with Crippen molar-refractivity contribution in [1.29, 1.82) is 0 Å². The van der Waals surface area contributed by atoms with Crippen LogP contribution in [0, 0.1) is 10.1 Å². The zero-order valence-electron chi connectivity index (χ0n) is 15.9. The lowest BCUT2D eigenvalue weighted by Crippen LogP contribution is -2.38. The fourth-order valence-corrected chi connectivity index (χ4v) is 4.46. The average molecular weight is 413 g/mol. The SMILES string of the molecule is NC(=O)c1ccc(SCC(=O)NC2CCC(c3ccccc3)CC2)c([N+](=O)[O-])c1. The van der Waals surface area contributed by atoms with Gasteiger partial charge in [0.05, 0.1) is 15.6 Å². The Balaban J connectivity index is 1.51. The molecule has 7 nitrogen and oxygen atoms in total. The highest BCUT2D eigenvalue weighted by molar-refractivity contribution is 8.00. The molecule has 0 aromatic heterocycles. The number of carbonyl (C=O) groups excluding carboxylic acids is 2. The van der Waals surface area contributed by atoms with Gasteiger partial charge in [0.2, 0.25) is 11.8 Å².